The summed E-state index contributed by atoms with van der Waals surface area (Å²) in [7, 11) is 0. The third kappa shape index (κ3) is 3.87. The Labute approximate surface area is 175 Å². The minimum absolute atomic E-state index is 0. The zero-order valence-corrected chi connectivity index (χ0v) is 16.8. The maximum Gasteiger partial charge on any atom is 0.251 e. The monoisotopic (exact) mass is 406 g/mol. The summed E-state index contributed by atoms with van der Waals surface area (Å²) in [5.41, 5.74) is 7.57. The average molecular weight is 406 g/mol. The number of carbonyl (C=O) groups excluding carboxylic acids is 1. The van der Waals surface area contributed by atoms with E-state index in [9.17, 15) is 4.79 Å². The van der Waals surface area contributed by atoms with Crippen LogP contribution in [-0.2, 0) is 11.2 Å². The summed E-state index contributed by atoms with van der Waals surface area (Å²) in [4.78, 5) is 14.8. The lowest BCUT2D eigenvalue weighted by Crippen LogP contribution is -2.41. The molecule has 0 unspecified atom stereocenters. The minimum atomic E-state index is -0.0375. The fourth-order valence-corrected chi connectivity index (χ4v) is 4.14. The summed E-state index contributed by atoms with van der Waals surface area (Å²) in [6.45, 7) is 4.92. The van der Waals surface area contributed by atoms with E-state index in [1.54, 1.807) is 0 Å². The largest absolute Gasteiger partial charge is 0.412 e. The first-order chi connectivity index (χ1) is 14.3. The molecule has 1 aromatic heterocycles. The lowest BCUT2D eigenvalue weighted by atomic mass is 10.0. The molecule has 4 N–H and O–H groups in total. The first-order valence-corrected chi connectivity index (χ1v) is 10.1. The van der Waals surface area contributed by atoms with E-state index in [2.05, 4.69) is 44.7 Å². The van der Waals surface area contributed by atoms with E-state index in [1.165, 1.54) is 16.7 Å². The van der Waals surface area contributed by atoms with Crippen molar-refractivity contribution in [1.82, 2.24) is 20.4 Å². The number of benzene rings is 2. The Bertz CT molecular complexity index is 1020. The molecule has 0 bridgehead atoms. The predicted molar refractivity (Wildman–Crippen MR) is 115 cm³/mol. The Morgan fingerprint density at radius 3 is 2.67 bits per heavy atom. The van der Waals surface area contributed by atoms with Gasteiger partial charge in [-0.3, -0.25) is 14.8 Å². The molecular weight excluding hydrogens is 380 g/mol. The molecule has 2 heterocycles. The average Bonchev–Trinajstić information content (AvgIpc) is 3.34. The number of aromatic nitrogens is 2. The highest BCUT2D eigenvalue weighted by molar-refractivity contribution is 5.94. The number of morpholine rings is 1. The van der Waals surface area contributed by atoms with Gasteiger partial charge in [-0.2, -0.15) is 5.10 Å². The normalized spacial score (nSPS) is 15.2. The van der Waals surface area contributed by atoms with E-state index in [0.29, 0.717) is 12.1 Å². The quantitative estimate of drug-likeness (QED) is 0.528. The Morgan fingerprint density at radius 1 is 1.10 bits per heavy atom. The van der Waals surface area contributed by atoms with Crippen molar-refractivity contribution in [2.45, 2.75) is 6.42 Å². The van der Waals surface area contributed by atoms with Crippen LogP contribution in [0.15, 0.2) is 48.5 Å². The molecule has 1 fully saturated rings. The number of amides is 1. The van der Waals surface area contributed by atoms with Gasteiger partial charge in [0.25, 0.3) is 5.91 Å². The van der Waals surface area contributed by atoms with Crippen LogP contribution in [0.5, 0.6) is 0 Å². The second-order valence-electron chi connectivity index (χ2n) is 7.55. The maximum absolute atomic E-state index is 12.4. The Kier molecular flexibility index (Phi) is 5.94. The van der Waals surface area contributed by atoms with Gasteiger partial charge in [-0.1, -0.05) is 36.4 Å². The van der Waals surface area contributed by atoms with E-state index in [0.717, 1.165) is 56.2 Å². The number of fused-ring (bicyclic) bond motifs is 3. The maximum atomic E-state index is 12.4. The number of nitrogens with zero attached hydrogens (tertiary/aromatic N) is 2. The molecule has 30 heavy (non-hydrogen) atoms. The van der Waals surface area contributed by atoms with E-state index < -0.39 is 0 Å². The van der Waals surface area contributed by atoms with Crippen LogP contribution in [-0.4, -0.2) is 65.9 Å². The fourth-order valence-electron chi connectivity index (χ4n) is 4.14. The molecule has 1 aliphatic carbocycles. The van der Waals surface area contributed by atoms with Crippen molar-refractivity contribution in [2.24, 2.45) is 0 Å². The van der Waals surface area contributed by atoms with Gasteiger partial charge in [0.1, 0.15) is 0 Å². The molecule has 5 rings (SSSR count). The van der Waals surface area contributed by atoms with Gasteiger partial charge in [0.15, 0.2) is 0 Å². The highest BCUT2D eigenvalue weighted by Gasteiger charge is 2.24. The second-order valence-corrected chi connectivity index (χ2v) is 7.55. The number of nitrogens with one attached hydrogen (secondary N) is 2. The van der Waals surface area contributed by atoms with Crippen molar-refractivity contribution in [3.05, 3.63) is 65.2 Å². The second kappa shape index (κ2) is 8.79. The zero-order chi connectivity index (χ0) is 19.6. The van der Waals surface area contributed by atoms with Crippen molar-refractivity contribution in [3.63, 3.8) is 0 Å². The van der Waals surface area contributed by atoms with Crippen LogP contribution in [0.3, 0.4) is 0 Å². The molecule has 7 heteroatoms. The van der Waals surface area contributed by atoms with Gasteiger partial charge in [0, 0.05) is 54.9 Å². The van der Waals surface area contributed by atoms with Crippen molar-refractivity contribution >= 4 is 5.91 Å². The number of carbonyl (C=O) groups is 1. The fraction of sp³-hybridized carbons (Fsp3) is 0.304. The summed E-state index contributed by atoms with van der Waals surface area (Å²) in [6.07, 6.45) is 0.890. The molecule has 0 atom stereocenters. The van der Waals surface area contributed by atoms with Crippen molar-refractivity contribution < 1.29 is 15.0 Å². The molecule has 1 saturated heterocycles. The van der Waals surface area contributed by atoms with E-state index in [4.69, 9.17) is 4.74 Å². The first kappa shape index (κ1) is 20.3. The Balaban J connectivity index is 0.00000218. The number of H-pyrrole nitrogens is 1. The number of rotatable bonds is 5. The van der Waals surface area contributed by atoms with Crippen molar-refractivity contribution in [1.29, 1.82) is 0 Å². The van der Waals surface area contributed by atoms with Gasteiger partial charge < -0.3 is 15.5 Å². The third-order valence-corrected chi connectivity index (χ3v) is 5.76. The molecular formula is C23H26N4O3. The topological polar surface area (TPSA) is 102 Å². The number of hydrogen-bond acceptors (Lipinski definition) is 4. The highest BCUT2D eigenvalue weighted by Crippen LogP contribution is 2.39. The molecule has 2 aliphatic rings. The van der Waals surface area contributed by atoms with Crippen LogP contribution >= 0.6 is 0 Å². The van der Waals surface area contributed by atoms with Crippen LogP contribution in [0, 0.1) is 0 Å². The number of hydrogen-bond donors (Lipinski definition) is 2. The molecule has 0 saturated carbocycles. The van der Waals surface area contributed by atoms with Crippen LogP contribution < -0.4 is 5.32 Å². The van der Waals surface area contributed by atoms with Crippen molar-refractivity contribution in [3.8, 4) is 22.5 Å². The molecule has 2 aromatic carbocycles. The third-order valence-electron chi connectivity index (χ3n) is 5.76. The lowest BCUT2D eigenvalue weighted by molar-refractivity contribution is 0.0383. The molecule has 7 nitrogen and oxygen atoms in total. The van der Waals surface area contributed by atoms with Gasteiger partial charge in [-0.15, -0.1) is 0 Å². The summed E-state index contributed by atoms with van der Waals surface area (Å²) in [6, 6.07) is 16.1. The standard InChI is InChI=1S/C23H24N4O2.H2O/c28-23(24-9-10-27-11-13-29-14-12-27)17-7-5-16(6-8-17)21-20-15-18-3-1-2-4-19(18)22(20)26-25-21;/h1-8H,9-15H2,(H,24,28)(H,25,26);1H2. The smallest absolute Gasteiger partial charge is 0.251 e. The summed E-state index contributed by atoms with van der Waals surface area (Å²) >= 11 is 0. The zero-order valence-electron chi connectivity index (χ0n) is 16.8. The summed E-state index contributed by atoms with van der Waals surface area (Å²) in [5, 5.41) is 10.7. The molecule has 0 spiro atoms. The SMILES string of the molecule is O.O=C(NCCN1CCOCC1)c1ccc(-c2n[nH]c3c2Cc2ccccc2-3)cc1. The Morgan fingerprint density at radius 2 is 1.87 bits per heavy atom. The summed E-state index contributed by atoms with van der Waals surface area (Å²) in [5.74, 6) is -0.0375. The minimum Gasteiger partial charge on any atom is -0.412 e. The van der Waals surface area contributed by atoms with Gasteiger partial charge in [-0.05, 0) is 17.7 Å². The molecule has 0 radical (unpaired) electrons. The van der Waals surface area contributed by atoms with Crippen LogP contribution in [0.25, 0.3) is 22.5 Å². The van der Waals surface area contributed by atoms with Crippen LogP contribution in [0.2, 0.25) is 0 Å². The van der Waals surface area contributed by atoms with Crippen LogP contribution in [0.4, 0.5) is 0 Å². The molecule has 3 aromatic rings. The number of aromatic amines is 1. The molecule has 1 aliphatic heterocycles. The predicted octanol–water partition coefficient (Wildman–Crippen LogP) is 1.89. The summed E-state index contributed by atoms with van der Waals surface area (Å²) < 4.78 is 5.35. The number of ether oxygens (including phenoxy) is 1. The Hall–Kier alpha value is -3.00. The molecule has 1 amide bonds. The van der Waals surface area contributed by atoms with Gasteiger partial charge in [-0.25, -0.2) is 0 Å². The van der Waals surface area contributed by atoms with Crippen LogP contribution in [0.1, 0.15) is 21.5 Å². The highest BCUT2D eigenvalue weighted by atomic mass is 16.5. The lowest BCUT2D eigenvalue weighted by Gasteiger charge is -2.26. The van der Waals surface area contributed by atoms with Crippen molar-refractivity contribution in [2.75, 3.05) is 39.4 Å². The van der Waals surface area contributed by atoms with Gasteiger partial charge >= 0.3 is 0 Å². The molecule has 156 valence electrons. The van der Waals surface area contributed by atoms with Gasteiger partial charge in [0.05, 0.1) is 24.6 Å². The van der Waals surface area contributed by atoms with E-state index >= 15 is 0 Å². The van der Waals surface area contributed by atoms with Gasteiger partial charge in [0.2, 0.25) is 0 Å². The first-order valence-electron chi connectivity index (χ1n) is 10.1. The van der Waals surface area contributed by atoms with E-state index in [-0.39, 0.29) is 11.4 Å². The van der Waals surface area contributed by atoms with E-state index in [1.807, 2.05) is 24.3 Å².